The van der Waals surface area contributed by atoms with Crippen LogP contribution in [0.2, 0.25) is 0 Å². The van der Waals surface area contributed by atoms with Crippen molar-refractivity contribution in [2.45, 2.75) is 11.4 Å². The fraction of sp³-hybridized carbons (Fsp3) is 0.400. The normalized spacial score (nSPS) is 11.2. The SMILES string of the molecule is O=C(O)CC[P+](=O)CCSSc1ccccn1. The molecule has 0 saturated carbocycles. The summed E-state index contributed by atoms with van der Waals surface area (Å²) in [4.78, 5) is 14.4. The first-order valence-corrected chi connectivity index (χ1v) is 8.98. The highest BCUT2D eigenvalue weighted by Crippen LogP contribution is 2.32. The van der Waals surface area contributed by atoms with E-state index in [1.54, 1.807) is 27.8 Å². The summed E-state index contributed by atoms with van der Waals surface area (Å²) >= 11 is 0. The number of rotatable bonds is 8. The van der Waals surface area contributed by atoms with Crippen molar-refractivity contribution in [2.75, 3.05) is 18.1 Å². The summed E-state index contributed by atoms with van der Waals surface area (Å²) in [5, 5.41) is 9.37. The molecule has 1 N–H and O–H groups in total. The highest BCUT2D eigenvalue weighted by molar-refractivity contribution is 8.76. The Labute approximate surface area is 109 Å². The van der Waals surface area contributed by atoms with Gasteiger partial charge >= 0.3 is 13.8 Å². The summed E-state index contributed by atoms with van der Waals surface area (Å²) in [5.41, 5.74) is 0. The lowest BCUT2D eigenvalue weighted by molar-refractivity contribution is -0.136. The first-order chi connectivity index (χ1) is 8.18. The molecule has 0 aromatic carbocycles. The minimum absolute atomic E-state index is 0.00669. The molecule has 0 fully saturated rings. The first kappa shape index (κ1) is 14.5. The van der Waals surface area contributed by atoms with E-state index in [2.05, 4.69) is 4.98 Å². The summed E-state index contributed by atoms with van der Waals surface area (Å²) < 4.78 is 11.4. The molecular weight excluding hydrogens is 277 g/mol. The topological polar surface area (TPSA) is 67.3 Å². The molecule has 17 heavy (non-hydrogen) atoms. The Bertz CT molecular complexity index is 375. The van der Waals surface area contributed by atoms with Crippen LogP contribution in [0.5, 0.6) is 0 Å². The van der Waals surface area contributed by atoms with Crippen molar-refractivity contribution < 1.29 is 14.5 Å². The number of nitrogens with zero attached hydrogens (tertiary/aromatic N) is 1. The number of carboxylic acid groups (broad SMARTS) is 1. The zero-order valence-corrected chi connectivity index (χ0v) is 11.6. The number of aromatic nitrogens is 1. The summed E-state index contributed by atoms with van der Waals surface area (Å²) in [6.07, 6.45) is 2.57. The van der Waals surface area contributed by atoms with E-state index in [4.69, 9.17) is 5.11 Å². The monoisotopic (exact) mass is 290 g/mol. The van der Waals surface area contributed by atoms with Gasteiger partial charge in [0.05, 0.1) is 6.42 Å². The van der Waals surface area contributed by atoms with E-state index in [9.17, 15) is 9.36 Å². The molecule has 1 aromatic heterocycles. The number of carbonyl (C=O) groups is 1. The van der Waals surface area contributed by atoms with Crippen LogP contribution in [0.3, 0.4) is 0 Å². The van der Waals surface area contributed by atoms with E-state index in [1.165, 1.54) is 0 Å². The van der Waals surface area contributed by atoms with Crippen LogP contribution in [0.15, 0.2) is 29.4 Å². The third-order valence-electron chi connectivity index (χ3n) is 1.78. The van der Waals surface area contributed by atoms with Gasteiger partial charge in [-0.25, -0.2) is 4.98 Å². The Kier molecular flexibility index (Phi) is 7.24. The van der Waals surface area contributed by atoms with Crippen molar-refractivity contribution in [2.24, 2.45) is 0 Å². The second-order valence-corrected chi connectivity index (χ2v) is 7.44. The molecule has 1 aromatic rings. The molecule has 0 aliphatic carbocycles. The van der Waals surface area contributed by atoms with Gasteiger partial charge in [-0.15, -0.1) is 0 Å². The highest BCUT2D eigenvalue weighted by atomic mass is 33.1. The second-order valence-electron chi connectivity index (χ2n) is 3.15. The lowest BCUT2D eigenvalue weighted by atomic mass is 10.5. The zero-order valence-electron chi connectivity index (χ0n) is 9.11. The second kappa shape index (κ2) is 8.50. The van der Waals surface area contributed by atoms with Crippen LogP contribution >= 0.6 is 29.4 Å². The Balaban J connectivity index is 2.08. The van der Waals surface area contributed by atoms with Gasteiger partial charge in [0.1, 0.15) is 5.03 Å². The van der Waals surface area contributed by atoms with Crippen LogP contribution < -0.4 is 0 Å². The van der Waals surface area contributed by atoms with E-state index in [1.807, 2.05) is 18.2 Å². The number of hydrogen-bond acceptors (Lipinski definition) is 5. The van der Waals surface area contributed by atoms with E-state index in [0.717, 1.165) is 10.8 Å². The minimum Gasteiger partial charge on any atom is -0.481 e. The molecule has 0 aliphatic rings. The van der Waals surface area contributed by atoms with Gasteiger partial charge in [0, 0.05) is 11.9 Å². The van der Waals surface area contributed by atoms with Crippen molar-refractivity contribution in [3.05, 3.63) is 24.4 Å². The van der Waals surface area contributed by atoms with Gasteiger partial charge < -0.3 is 5.11 Å². The van der Waals surface area contributed by atoms with Gasteiger partial charge in [-0.05, 0) is 22.9 Å². The molecular formula is C10H13NO3PS2+. The standard InChI is InChI=1S/C10H12NO3PS2/c12-10(13)4-6-15(14)7-8-16-17-9-3-1-2-5-11-9/h1-3,5H,4,6-8H2/p+1. The van der Waals surface area contributed by atoms with E-state index >= 15 is 0 Å². The lowest BCUT2D eigenvalue weighted by Gasteiger charge is -1.95. The molecule has 1 unspecified atom stereocenters. The fourth-order valence-corrected chi connectivity index (χ4v) is 4.77. The van der Waals surface area contributed by atoms with Crippen molar-refractivity contribution in [3.8, 4) is 0 Å². The smallest absolute Gasteiger partial charge is 0.340 e. The average molecular weight is 290 g/mol. The minimum atomic E-state index is -1.38. The van der Waals surface area contributed by atoms with E-state index in [0.29, 0.717) is 6.16 Å². The van der Waals surface area contributed by atoms with Gasteiger partial charge in [0.2, 0.25) is 0 Å². The van der Waals surface area contributed by atoms with Crippen molar-refractivity contribution in [1.82, 2.24) is 4.98 Å². The molecule has 0 aliphatic heterocycles. The van der Waals surface area contributed by atoms with Crippen LogP contribution in [0.4, 0.5) is 0 Å². The van der Waals surface area contributed by atoms with E-state index in [-0.39, 0.29) is 12.6 Å². The number of aliphatic carboxylic acids is 1. The molecule has 7 heteroatoms. The predicted molar refractivity (Wildman–Crippen MR) is 72.1 cm³/mol. The predicted octanol–water partition coefficient (Wildman–Crippen LogP) is 3.12. The van der Waals surface area contributed by atoms with Gasteiger partial charge in [-0.3, -0.25) is 4.79 Å². The highest BCUT2D eigenvalue weighted by Gasteiger charge is 2.16. The first-order valence-electron chi connectivity index (χ1n) is 5.03. The maximum Gasteiger partial charge on any atom is 0.340 e. The summed E-state index contributed by atoms with van der Waals surface area (Å²) in [6.45, 7) is 0. The largest absolute Gasteiger partial charge is 0.481 e. The quantitative estimate of drug-likeness (QED) is 0.451. The molecule has 0 amide bonds. The lowest BCUT2D eigenvalue weighted by Crippen LogP contribution is -1.97. The average Bonchev–Trinajstić information content (AvgIpc) is 2.33. The van der Waals surface area contributed by atoms with Crippen LogP contribution in [-0.4, -0.2) is 34.1 Å². The molecule has 0 bridgehead atoms. The van der Waals surface area contributed by atoms with Crippen LogP contribution in [0.1, 0.15) is 6.42 Å². The van der Waals surface area contributed by atoms with Crippen LogP contribution in [-0.2, 0) is 9.36 Å². The number of pyridine rings is 1. The third-order valence-corrected chi connectivity index (χ3v) is 5.80. The van der Waals surface area contributed by atoms with Gasteiger partial charge in [0.15, 0.2) is 12.3 Å². The Hall–Kier alpha value is -0.580. The summed E-state index contributed by atoms with van der Waals surface area (Å²) in [6, 6.07) is 5.70. The fourth-order valence-electron chi connectivity index (χ4n) is 0.970. The molecule has 1 rings (SSSR count). The molecule has 1 heterocycles. The van der Waals surface area contributed by atoms with Crippen molar-refractivity contribution >= 4 is 35.4 Å². The molecule has 1 atom stereocenters. The zero-order chi connectivity index (χ0) is 12.5. The van der Waals surface area contributed by atoms with Crippen LogP contribution in [0.25, 0.3) is 0 Å². The molecule has 92 valence electrons. The Morgan fingerprint density at radius 2 is 2.24 bits per heavy atom. The Morgan fingerprint density at radius 1 is 1.41 bits per heavy atom. The molecule has 0 saturated heterocycles. The van der Waals surface area contributed by atoms with Gasteiger partial charge in [0.25, 0.3) is 0 Å². The van der Waals surface area contributed by atoms with Gasteiger partial charge in [-0.1, -0.05) is 21.4 Å². The number of hydrogen-bond donors (Lipinski definition) is 1. The summed E-state index contributed by atoms with van der Waals surface area (Å²) in [5.74, 6) is -0.139. The van der Waals surface area contributed by atoms with E-state index < -0.39 is 13.8 Å². The van der Waals surface area contributed by atoms with Crippen molar-refractivity contribution in [1.29, 1.82) is 0 Å². The maximum absolute atomic E-state index is 11.4. The molecule has 0 radical (unpaired) electrons. The summed E-state index contributed by atoms with van der Waals surface area (Å²) in [7, 11) is 1.76. The number of carboxylic acids is 1. The third kappa shape index (κ3) is 7.36. The molecule has 4 nitrogen and oxygen atoms in total. The van der Waals surface area contributed by atoms with Gasteiger partial charge in [-0.2, -0.15) is 0 Å². The maximum atomic E-state index is 11.4. The van der Waals surface area contributed by atoms with Crippen LogP contribution in [0, 0.1) is 0 Å². The molecule has 0 spiro atoms. The Morgan fingerprint density at radius 3 is 2.88 bits per heavy atom. The van der Waals surface area contributed by atoms with Crippen molar-refractivity contribution in [3.63, 3.8) is 0 Å².